The average Bonchev–Trinajstić information content (AvgIpc) is 3.23. The highest BCUT2D eigenvalue weighted by Gasteiger charge is 2.24. The average molecular weight is 402 g/mol. The minimum absolute atomic E-state index is 0.0943. The van der Waals surface area contributed by atoms with Crippen LogP contribution in [0.15, 0.2) is 35.0 Å². The molecule has 2 N–H and O–H groups in total. The molecule has 1 aliphatic rings. The molecule has 1 fully saturated rings. The number of ether oxygens (including phenoxy) is 1. The first-order chi connectivity index (χ1) is 13.6. The van der Waals surface area contributed by atoms with Crippen molar-refractivity contribution in [2.24, 2.45) is 0 Å². The summed E-state index contributed by atoms with van der Waals surface area (Å²) < 4.78 is 5.26. The van der Waals surface area contributed by atoms with Crippen LogP contribution in [0.4, 0.5) is 5.69 Å². The van der Waals surface area contributed by atoms with Gasteiger partial charge in [-0.25, -0.2) is 0 Å². The molecule has 2 aromatic rings. The van der Waals surface area contributed by atoms with E-state index in [0.717, 1.165) is 18.7 Å². The summed E-state index contributed by atoms with van der Waals surface area (Å²) in [6.07, 6.45) is 3.59. The van der Waals surface area contributed by atoms with Gasteiger partial charge in [-0.3, -0.25) is 14.5 Å². The molecule has 7 heteroatoms. The quantitative estimate of drug-likeness (QED) is 0.729. The highest BCUT2D eigenvalue weighted by atomic mass is 32.1. The first kappa shape index (κ1) is 20.4. The van der Waals surface area contributed by atoms with E-state index >= 15 is 0 Å². The standard InChI is InChI=1S/C21H27N3O3S/c1-15-6-7-19(27-2)17(12-15)23-21(26)20(25)22-13-18(16-8-11-28-14-16)24-9-4-3-5-10-24/h6-8,11-12,14,18H,3-5,9-10,13H2,1-2H3,(H,22,25)(H,23,26). The van der Waals surface area contributed by atoms with Gasteiger partial charge in [-0.2, -0.15) is 11.3 Å². The van der Waals surface area contributed by atoms with E-state index in [9.17, 15) is 9.59 Å². The van der Waals surface area contributed by atoms with E-state index in [-0.39, 0.29) is 6.04 Å². The molecule has 3 rings (SSSR count). The number of hydrogen-bond donors (Lipinski definition) is 2. The molecule has 1 aromatic heterocycles. The van der Waals surface area contributed by atoms with Gasteiger partial charge in [0, 0.05) is 6.54 Å². The van der Waals surface area contributed by atoms with Crippen molar-refractivity contribution in [1.29, 1.82) is 0 Å². The van der Waals surface area contributed by atoms with Gasteiger partial charge in [0.1, 0.15) is 5.75 Å². The van der Waals surface area contributed by atoms with Crippen LogP contribution in [0.2, 0.25) is 0 Å². The van der Waals surface area contributed by atoms with E-state index in [2.05, 4.69) is 27.0 Å². The maximum atomic E-state index is 12.4. The summed E-state index contributed by atoms with van der Waals surface area (Å²) in [6.45, 7) is 4.36. The molecular formula is C21H27N3O3S. The summed E-state index contributed by atoms with van der Waals surface area (Å²) in [5.41, 5.74) is 2.65. The van der Waals surface area contributed by atoms with Crippen molar-refractivity contribution in [3.63, 3.8) is 0 Å². The SMILES string of the molecule is COc1ccc(C)cc1NC(=O)C(=O)NCC(c1ccsc1)N1CCCCC1. The molecule has 6 nitrogen and oxygen atoms in total. The van der Waals surface area contributed by atoms with Crippen LogP contribution in [0.5, 0.6) is 5.75 Å². The lowest BCUT2D eigenvalue weighted by atomic mass is 10.0. The Kier molecular flexibility index (Phi) is 7.06. The summed E-state index contributed by atoms with van der Waals surface area (Å²) in [7, 11) is 1.53. The minimum Gasteiger partial charge on any atom is -0.495 e. The topological polar surface area (TPSA) is 70.7 Å². The largest absolute Gasteiger partial charge is 0.495 e. The molecule has 1 atom stereocenters. The fourth-order valence-electron chi connectivity index (χ4n) is 3.52. The molecule has 28 heavy (non-hydrogen) atoms. The van der Waals surface area contributed by atoms with Crippen LogP contribution in [0.25, 0.3) is 0 Å². The number of aryl methyl sites for hydroxylation is 1. The molecular weight excluding hydrogens is 374 g/mol. The summed E-state index contributed by atoms with van der Waals surface area (Å²) in [4.78, 5) is 27.2. The third-order valence-electron chi connectivity index (χ3n) is 5.02. The smallest absolute Gasteiger partial charge is 0.313 e. The van der Waals surface area contributed by atoms with Crippen molar-refractivity contribution in [1.82, 2.24) is 10.2 Å². The maximum absolute atomic E-state index is 12.4. The number of piperidine rings is 1. The number of anilines is 1. The maximum Gasteiger partial charge on any atom is 0.313 e. The number of methoxy groups -OCH3 is 1. The number of carbonyl (C=O) groups excluding carboxylic acids is 2. The van der Waals surface area contributed by atoms with Crippen LogP contribution >= 0.6 is 11.3 Å². The number of hydrogen-bond acceptors (Lipinski definition) is 5. The predicted molar refractivity (Wildman–Crippen MR) is 112 cm³/mol. The Morgan fingerprint density at radius 3 is 2.64 bits per heavy atom. The third kappa shape index (κ3) is 5.11. The fraction of sp³-hybridized carbons (Fsp3) is 0.429. The van der Waals surface area contributed by atoms with Gasteiger partial charge in [-0.05, 0) is 72.9 Å². The monoisotopic (exact) mass is 401 g/mol. The van der Waals surface area contributed by atoms with E-state index < -0.39 is 11.8 Å². The Bertz CT molecular complexity index is 801. The van der Waals surface area contributed by atoms with Crippen LogP contribution in [-0.2, 0) is 9.59 Å². The number of nitrogens with zero attached hydrogens (tertiary/aromatic N) is 1. The van der Waals surface area contributed by atoms with E-state index in [1.54, 1.807) is 23.5 Å². The number of nitrogens with one attached hydrogen (secondary N) is 2. The number of thiophene rings is 1. The fourth-order valence-corrected chi connectivity index (χ4v) is 4.23. The van der Waals surface area contributed by atoms with Crippen molar-refractivity contribution < 1.29 is 14.3 Å². The number of amides is 2. The zero-order chi connectivity index (χ0) is 19.9. The first-order valence-corrected chi connectivity index (χ1v) is 10.5. The Morgan fingerprint density at radius 2 is 1.96 bits per heavy atom. The Balaban J connectivity index is 1.62. The molecule has 0 aliphatic carbocycles. The van der Waals surface area contributed by atoms with E-state index in [4.69, 9.17) is 4.74 Å². The lowest BCUT2D eigenvalue weighted by Gasteiger charge is -2.34. The van der Waals surface area contributed by atoms with E-state index in [1.165, 1.54) is 31.9 Å². The van der Waals surface area contributed by atoms with Gasteiger partial charge in [-0.1, -0.05) is 12.5 Å². The highest BCUT2D eigenvalue weighted by Crippen LogP contribution is 2.26. The summed E-state index contributed by atoms with van der Waals surface area (Å²) >= 11 is 1.65. The number of carbonyl (C=O) groups is 2. The van der Waals surface area contributed by atoms with Crippen LogP contribution in [0.1, 0.15) is 36.4 Å². The Hall–Kier alpha value is -2.38. The minimum atomic E-state index is -0.688. The number of benzene rings is 1. The predicted octanol–water partition coefficient (Wildman–Crippen LogP) is 3.35. The van der Waals surface area contributed by atoms with Gasteiger partial charge in [-0.15, -0.1) is 0 Å². The molecule has 0 spiro atoms. The second kappa shape index (κ2) is 9.71. The van der Waals surface area contributed by atoms with Crippen molar-refractivity contribution in [2.75, 3.05) is 32.1 Å². The Morgan fingerprint density at radius 1 is 1.18 bits per heavy atom. The van der Waals surface area contributed by atoms with Crippen LogP contribution in [-0.4, -0.2) is 43.5 Å². The molecule has 150 valence electrons. The summed E-state index contributed by atoms with van der Waals surface area (Å²) in [5.74, 6) is -0.802. The molecule has 2 heterocycles. The summed E-state index contributed by atoms with van der Waals surface area (Å²) in [5, 5.41) is 9.62. The summed E-state index contributed by atoms with van der Waals surface area (Å²) in [6, 6.07) is 7.63. The van der Waals surface area contributed by atoms with E-state index in [1.807, 2.05) is 18.4 Å². The number of likely N-dealkylation sites (tertiary alicyclic amines) is 1. The number of rotatable bonds is 6. The normalized spacial score (nSPS) is 15.6. The molecule has 1 aliphatic heterocycles. The van der Waals surface area contributed by atoms with Crippen molar-refractivity contribution >= 4 is 28.8 Å². The molecule has 2 amide bonds. The van der Waals surface area contributed by atoms with Crippen molar-refractivity contribution in [3.8, 4) is 5.75 Å². The van der Waals surface area contributed by atoms with E-state index in [0.29, 0.717) is 18.0 Å². The van der Waals surface area contributed by atoms with Gasteiger partial charge in [0.25, 0.3) is 0 Å². The van der Waals surface area contributed by atoms with Crippen LogP contribution < -0.4 is 15.4 Å². The lowest BCUT2D eigenvalue weighted by molar-refractivity contribution is -0.136. The van der Waals surface area contributed by atoms with Gasteiger partial charge in [0.05, 0.1) is 18.8 Å². The molecule has 0 saturated carbocycles. The third-order valence-corrected chi connectivity index (χ3v) is 5.73. The van der Waals surface area contributed by atoms with Gasteiger partial charge < -0.3 is 15.4 Å². The molecule has 1 unspecified atom stereocenters. The second-order valence-electron chi connectivity index (χ2n) is 7.04. The zero-order valence-corrected chi connectivity index (χ0v) is 17.2. The van der Waals surface area contributed by atoms with Crippen molar-refractivity contribution in [3.05, 3.63) is 46.2 Å². The first-order valence-electron chi connectivity index (χ1n) is 9.58. The highest BCUT2D eigenvalue weighted by molar-refractivity contribution is 7.08. The van der Waals surface area contributed by atoms with Crippen LogP contribution in [0, 0.1) is 6.92 Å². The zero-order valence-electron chi connectivity index (χ0n) is 16.4. The van der Waals surface area contributed by atoms with Crippen LogP contribution in [0.3, 0.4) is 0 Å². The van der Waals surface area contributed by atoms with Gasteiger partial charge >= 0.3 is 11.8 Å². The second-order valence-corrected chi connectivity index (χ2v) is 7.82. The Labute approximate surface area is 169 Å². The van der Waals surface area contributed by atoms with Gasteiger partial charge in [0.15, 0.2) is 0 Å². The van der Waals surface area contributed by atoms with Crippen molar-refractivity contribution in [2.45, 2.75) is 32.2 Å². The molecule has 0 bridgehead atoms. The van der Waals surface area contributed by atoms with Gasteiger partial charge in [0.2, 0.25) is 0 Å². The molecule has 1 aromatic carbocycles. The molecule has 0 radical (unpaired) electrons. The molecule has 1 saturated heterocycles. The lowest BCUT2D eigenvalue weighted by Crippen LogP contribution is -2.43.